The Kier molecular flexibility index (Phi) is 59.6. The van der Waals surface area contributed by atoms with Crippen molar-refractivity contribution in [3.05, 3.63) is 24.3 Å². The Morgan fingerprint density at radius 1 is 0.278 bits per heavy atom. The minimum absolute atomic E-state index is 0.0673. The fraction of sp³-hybridized carbons (Fsp3) is 0.894. The molecule has 0 aromatic heterocycles. The van der Waals surface area contributed by atoms with E-state index in [1.807, 2.05) is 0 Å². The van der Waals surface area contributed by atoms with Crippen molar-refractivity contribution >= 4 is 17.9 Å². The lowest BCUT2D eigenvalue weighted by atomic mass is 10.0. The number of carbonyl (C=O) groups is 3. The van der Waals surface area contributed by atoms with Crippen LogP contribution in [-0.2, 0) is 28.6 Å². The molecule has 0 fully saturated rings. The van der Waals surface area contributed by atoms with E-state index in [2.05, 4.69) is 45.1 Å². The van der Waals surface area contributed by atoms with Crippen molar-refractivity contribution in [2.24, 2.45) is 0 Å². The summed E-state index contributed by atoms with van der Waals surface area (Å²) in [6.45, 7) is 6.66. The second kappa shape index (κ2) is 61.4. The van der Waals surface area contributed by atoms with Gasteiger partial charge in [0.25, 0.3) is 0 Å². The van der Waals surface area contributed by atoms with Gasteiger partial charge in [-0.05, 0) is 51.4 Å². The third-order valence-corrected chi connectivity index (χ3v) is 14.7. The first-order chi connectivity index (χ1) is 35.5. The molecule has 0 spiro atoms. The number of esters is 3. The van der Waals surface area contributed by atoms with Gasteiger partial charge in [0.15, 0.2) is 6.10 Å². The molecule has 0 aromatic carbocycles. The first kappa shape index (κ1) is 69.9. The van der Waals surface area contributed by atoms with E-state index < -0.39 is 6.10 Å². The van der Waals surface area contributed by atoms with Crippen LogP contribution in [0.3, 0.4) is 0 Å². The van der Waals surface area contributed by atoms with Gasteiger partial charge in [-0.2, -0.15) is 0 Å². The standard InChI is InChI=1S/C66H124O6/c1-4-7-10-13-16-19-21-23-25-27-29-30-31-32-33-34-35-37-38-40-42-44-47-50-53-56-59-65(68)71-62-63(61-70-64(67)58-55-52-49-46-18-15-12-9-6-3)72-66(69)60-57-54-51-48-45-43-41-39-36-28-26-24-22-20-17-14-11-8-5-2/h17,20,24,26,63H,4-16,18-19,21-23,25,27-62H2,1-3H3/b20-17-,26-24-. The van der Waals surface area contributed by atoms with Gasteiger partial charge in [0, 0.05) is 19.3 Å². The van der Waals surface area contributed by atoms with Crippen molar-refractivity contribution in [2.45, 2.75) is 367 Å². The highest BCUT2D eigenvalue weighted by molar-refractivity contribution is 5.71. The highest BCUT2D eigenvalue weighted by atomic mass is 16.6. The summed E-state index contributed by atoms with van der Waals surface area (Å²) in [7, 11) is 0. The predicted octanol–water partition coefficient (Wildman–Crippen LogP) is 21.8. The maximum absolute atomic E-state index is 12.9. The van der Waals surface area contributed by atoms with Crippen LogP contribution in [0.25, 0.3) is 0 Å². The quantitative estimate of drug-likeness (QED) is 0.0261. The summed E-state index contributed by atoms with van der Waals surface area (Å²) in [5.74, 6) is -0.850. The van der Waals surface area contributed by atoms with Crippen LogP contribution in [-0.4, -0.2) is 37.2 Å². The summed E-state index contributed by atoms with van der Waals surface area (Å²) in [6, 6.07) is 0. The number of ether oxygens (including phenoxy) is 3. The average molecular weight is 1010 g/mol. The molecule has 1 unspecified atom stereocenters. The van der Waals surface area contributed by atoms with Gasteiger partial charge in [0.2, 0.25) is 0 Å². The number of rotatable bonds is 60. The number of hydrogen-bond donors (Lipinski definition) is 0. The van der Waals surface area contributed by atoms with Gasteiger partial charge in [-0.1, -0.05) is 315 Å². The lowest BCUT2D eigenvalue weighted by Crippen LogP contribution is -2.30. The SMILES string of the molecule is CCCCC/C=C\C/C=C\CCCCCCCCCCCC(=O)OC(COC(=O)CCCCCCCCCCC)COC(=O)CCCCCCCCCCCCCCCCCCCCCCCCCCCC. The van der Waals surface area contributed by atoms with E-state index in [0.717, 1.165) is 64.2 Å². The van der Waals surface area contributed by atoms with Crippen molar-refractivity contribution in [1.29, 1.82) is 0 Å². The summed E-state index contributed by atoms with van der Waals surface area (Å²) in [4.78, 5) is 38.2. The number of allylic oxidation sites excluding steroid dienone is 4. The third-order valence-electron chi connectivity index (χ3n) is 14.7. The smallest absolute Gasteiger partial charge is 0.306 e. The molecule has 0 N–H and O–H groups in total. The van der Waals surface area contributed by atoms with Gasteiger partial charge >= 0.3 is 17.9 Å². The van der Waals surface area contributed by atoms with E-state index in [1.165, 1.54) is 257 Å². The highest BCUT2D eigenvalue weighted by Gasteiger charge is 2.19. The van der Waals surface area contributed by atoms with Crippen LogP contribution in [0.4, 0.5) is 0 Å². The molecule has 0 aliphatic rings. The summed E-state index contributed by atoms with van der Waals surface area (Å²) in [5.41, 5.74) is 0. The molecule has 0 heterocycles. The third kappa shape index (κ3) is 58.8. The molecule has 1 atom stereocenters. The fourth-order valence-corrected chi connectivity index (χ4v) is 9.83. The lowest BCUT2D eigenvalue weighted by Gasteiger charge is -2.18. The Bertz CT molecular complexity index is 1160. The second-order valence-corrected chi connectivity index (χ2v) is 22.0. The molecule has 72 heavy (non-hydrogen) atoms. The monoisotopic (exact) mass is 1010 g/mol. The molecular weight excluding hydrogens is 889 g/mol. The van der Waals surface area contributed by atoms with E-state index >= 15 is 0 Å². The Morgan fingerprint density at radius 3 is 0.792 bits per heavy atom. The average Bonchev–Trinajstić information content (AvgIpc) is 3.38. The first-order valence-electron chi connectivity index (χ1n) is 32.3. The zero-order valence-electron chi connectivity index (χ0n) is 48.7. The Hall–Kier alpha value is -2.11. The van der Waals surface area contributed by atoms with Gasteiger partial charge in [0.05, 0.1) is 0 Å². The molecule has 0 aromatic rings. The summed E-state index contributed by atoms with van der Waals surface area (Å²) >= 11 is 0. The number of carbonyl (C=O) groups excluding carboxylic acids is 3. The maximum atomic E-state index is 12.9. The molecule has 0 radical (unpaired) electrons. The minimum Gasteiger partial charge on any atom is -0.462 e. The normalized spacial score (nSPS) is 12.1. The molecule has 0 bridgehead atoms. The largest absolute Gasteiger partial charge is 0.462 e. The van der Waals surface area contributed by atoms with Crippen LogP contribution in [0.5, 0.6) is 0 Å². The van der Waals surface area contributed by atoms with Crippen molar-refractivity contribution in [2.75, 3.05) is 13.2 Å². The van der Waals surface area contributed by atoms with Crippen molar-refractivity contribution in [1.82, 2.24) is 0 Å². The van der Waals surface area contributed by atoms with Crippen LogP contribution in [0.1, 0.15) is 361 Å². The predicted molar refractivity (Wildman–Crippen MR) is 312 cm³/mol. The Balaban J connectivity index is 4.12. The summed E-state index contributed by atoms with van der Waals surface area (Å²) in [6.07, 6.45) is 73.5. The summed E-state index contributed by atoms with van der Waals surface area (Å²) < 4.78 is 16.9. The van der Waals surface area contributed by atoms with Gasteiger partial charge in [-0.25, -0.2) is 0 Å². The van der Waals surface area contributed by atoms with Crippen LogP contribution < -0.4 is 0 Å². The van der Waals surface area contributed by atoms with E-state index in [4.69, 9.17) is 14.2 Å². The van der Waals surface area contributed by atoms with E-state index in [-0.39, 0.29) is 31.1 Å². The Labute approximate surface area is 449 Å². The topological polar surface area (TPSA) is 78.9 Å². The van der Waals surface area contributed by atoms with Gasteiger partial charge < -0.3 is 14.2 Å². The minimum atomic E-state index is -0.768. The number of hydrogen-bond acceptors (Lipinski definition) is 6. The lowest BCUT2D eigenvalue weighted by molar-refractivity contribution is -0.167. The molecule has 0 aliphatic heterocycles. The molecular formula is C66H124O6. The van der Waals surface area contributed by atoms with E-state index in [9.17, 15) is 14.4 Å². The fourth-order valence-electron chi connectivity index (χ4n) is 9.83. The van der Waals surface area contributed by atoms with E-state index in [1.54, 1.807) is 0 Å². The highest BCUT2D eigenvalue weighted by Crippen LogP contribution is 2.18. The second-order valence-electron chi connectivity index (χ2n) is 22.0. The maximum Gasteiger partial charge on any atom is 0.306 e. The molecule has 0 rings (SSSR count). The zero-order chi connectivity index (χ0) is 52.2. The molecule has 0 aliphatic carbocycles. The van der Waals surface area contributed by atoms with Crippen LogP contribution in [0.2, 0.25) is 0 Å². The summed E-state index contributed by atoms with van der Waals surface area (Å²) in [5, 5.41) is 0. The molecule has 424 valence electrons. The van der Waals surface area contributed by atoms with Crippen molar-refractivity contribution < 1.29 is 28.6 Å². The van der Waals surface area contributed by atoms with Crippen LogP contribution >= 0.6 is 0 Å². The molecule has 6 nitrogen and oxygen atoms in total. The first-order valence-corrected chi connectivity index (χ1v) is 32.3. The van der Waals surface area contributed by atoms with Crippen molar-refractivity contribution in [3.8, 4) is 0 Å². The molecule has 6 heteroatoms. The zero-order valence-corrected chi connectivity index (χ0v) is 48.7. The molecule has 0 saturated carbocycles. The van der Waals surface area contributed by atoms with Crippen LogP contribution in [0.15, 0.2) is 24.3 Å². The number of unbranched alkanes of at least 4 members (excludes halogenated alkanes) is 45. The molecule has 0 amide bonds. The van der Waals surface area contributed by atoms with Gasteiger partial charge in [-0.15, -0.1) is 0 Å². The van der Waals surface area contributed by atoms with Gasteiger partial charge in [0.1, 0.15) is 13.2 Å². The molecule has 0 saturated heterocycles. The van der Waals surface area contributed by atoms with Crippen molar-refractivity contribution in [3.63, 3.8) is 0 Å². The Morgan fingerprint density at radius 2 is 0.500 bits per heavy atom. The van der Waals surface area contributed by atoms with Crippen LogP contribution in [0, 0.1) is 0 Å². The van der Waals surface area contributed by atoms with E-state index in [0.29, 0.717) is 19.3 Å². The van der Waals surface area contributed by atoms with Gasteiger partial charge in [-0.3, -0.25) is 14.4 Å².